The molecule has 0 amide bonds. The van der Waals surface area contributed by atoms with Crippen LogP contribution < -0.4 is 0 Å². The van der Waals surface area contributed by atoms with E-state index in [4.69, 9.17) is 4.74 Å². The Morgan fingerprint density at radius 3 is 2.71 bits per heavy atom. The largest absolute Gasteiger partial charge is 0.339 e. The van der Waals surface area contributed by atoms with Crippen molar-refractivity contribution in [1.82, 2.24) is 14.8 Å². The summed E-state index contributed by atoms with van der Waals surface area (Å²) in [6, 6.07) is 3.41. The highest BCUT2D eigenvalue weighted by atomic mass is 19.1. The summed E-state index contributed by atoms with van der Waals surface area (Å²) < 4.78 is 33.5. The van der Waals surface area contributed by atoms with Gasteiger partial charge in [-0.3, -0.25) is 0 Å². The van der Waals surface area contributed by atoms with Gasteiger partial charge in [-0.15, -0.1) is 0 Å². The fourth-order valence-corrected chi connectivity index (χ4v) is 2.04. The lowest BCUT2D eigenvalue weighted by Crippen LogP contribution is -2.25. The van der Waals surface area contributed by atoms with Crippen LogP contribution in [0.5, 0.6) is 0 Å². The van der Waals surface area contributed by atoms with Gasteiger partial charge in [-0.1, -0.05) is 0 Å². The molecule has 0 aliphatic carbocycles. The quantitative estimate of drug-likeness (QED) is 0.746. The van der Waals surface area contributed by atoms with Crippen molar-refractivity contribution in [3.63, 3.8) is 0 Å². The lowest BCUT2D eigenvalue weighted by atomic mass is 10.0. The van der Waals surface area contributed by atoms with E-state index in [1.165, 1.54) is 29.5 Å². The molecular formula is C11H9F2N3O. The zero-order chi connectivity index (χ0) is 12.0. The molecule has 0 saturated carbocycles. The van der Waals surface area contributed by atoms with E-state index in [1.807, 2.05) is 0 Å². The molecule has 1 aromatic carbocycles. The van der Waals surface area contributed by atoms with E-state index in [0.29, 0.717) is 0 Å². The molecule has 0 bridgehead atoms. The average molecular weight is 237 g/mol. The van der Waals surface area contributed by atoms with Crippen molar-refractivity contribution >= 4 is 0 Å². The lowest BCUT2D eigenvalue weighted by molar-refractivity contribution is 0.240. The summed E-state index contributed by atoms with van der Waals surface area (Å²) in [7, 11) is 0. The number of ether oxygens (including phenoxy) is 1. The monoisotopic (exact) mass is 237 g/mol. The molecule has 2 atom stereocenters. The SMILES string of the molecule is CC1OC1(c1ccc(F)cc1F)n1cncn1. The van der Waals surface area contributed by atoms with Crippen LogP contribution in [0.4, 0.5) is 8.78 Å². The van der Waals surface area contributed by atoms with Gasteiger partial charge in [-0.25, -0.2) is 18.4 Å². The van der Waals surface area contributed by atoms with E-state index in [1.54, 1.807) is 6.92 Å². The summed E-state index contributed by atoms with van der Waals surface area (Å²) in [5.74, 6) is -1.27. The molecule has 17 heavy (non-hydrogen) atoms. The van der Waals surface area contributed by atoms with Crippen LogP contribution in [0.3, 0.4) is 0 Å². The van der Waals surface area contributed by atoms with Crippen LogP contribution in [0.25, 0.3) is 0 Å². The van der Waals surface area contributed by atoms with Gasteiger partial charge >= 0.3 is 0 Å². The van der Waals surface area contributed by atoms with Gasteiger partial charge in [-0.05, 0) is 19.1 Å². The van der Waals surface area contributed by atoms with Crippen LogP contribution in [-0.2, 0) is 10.5 Å². The van der Waals surface area contributed by atoms with E-state index < -0.39 is 17.4 Å². The second-order valence-corrected chi connectivity index (χ2v) is 3.92. The highest BCUT2D eigenvalue weighted by molar-refractivity contribution is 5.30. The number of rotatable bonds is 2. The first-order chi connectivity index (χ1) is 8.14. The average Bonchev–Trinajstić information content (AvgIpc) is 2.77. The van der Waals surface area contributed by atoms with Crippen LogP contribution in [0.2, 0.25) is 0 Å². The Labute approximate surface area is 95.8 Å². The second-order valence-electron chi connectivity index (χ2n) is 3.92. The molecule has 1 aliphatic heterocycles. The number of epoxide rings is 1. The number of hydrogen-bond donors (Lipinski definition) is 0. The smallest absolute Gasteiger partial charge is 0.217 e. The predicted octanol–water partition coefficient (Wildman–Crippen LogP) is 1.68. The number of aromatic nitrogens is 3. The number of nitrogens with zero attached hydrogens (tertiary/aromatic N) is 3. The molecule has 2 unspecified atom stereocenters. The maximum atomic E-state index is 13.8. The zero-order valence-electron chi connectivity index (χ0n) is 8.97. The van der Waals surface area contributed by atoms with Crippen molar-refractivity contribution in [1.29, 1.82) is 0 Å². The van der Waals surface area contributed by atoms with Crippen LogP contribution >= 0.6 is 0 Å². The topological polar surface area (TPSA) is 43.2 Å². The third-order valence-corrected chi connectivity index (χ3v) is 2.93. The summed E-state index contributed by atoms with van der Waals surface area (Å²) >= 11 is 0. The Morgan fingerprint density at radius 2 is 2.18 bits per heavy atom. The standard InChI is InChI=1S/C11H9F2N3O/c1-7-11(17-7,16-6-14-5-15-16)9-3-2-8(12)4-10(9)13/h2-7H,1H3. The molecule has 2 heterocycles. The molecule has 1 fully saturated rings. The highest BCUT2D eigenvalue weighted by Crippen LogP contribution is 2.47. The van der Waals surface area contributed by atoms with Gasteiger partial charge in [0.1, 0.15) is 30.4 Å². The maximum absolute atomic E-state index is 13.8. The third kappa shape index (κ3) is 1.37. The maximum Gasteiger partial charge on any atom is 0.217 e. The minimum absolute atomic E-state index is 0.232. The Kier molecular flexibility index (Phi) is 2.03. The summed E-state index contributed by atoms with van der Waals surface area (Å²) in [4.78, 5) is 3.81. The molecule has 1 aliphatic rings. The van der Waals surface area contributed by atoms with Crippen LogP contribution in [-0.4, -0.2) is 20.9 Å². The normalized spacial score (nSPS) is 27.1. The van der Waals surface area contributed by atoms with Crippen molar-refractivity contribution in [3.8, 4) is 0 Å². The van der Waals surface area contributed by atoms with Gasteiger partial charge in [0.2, 0.25) is 5.72 Å². The van der Waals surface area contributed by atoms with Gasteiger partial charge in [0.25, 0.3) is 0 Å². The van der Waals surface area contributed by atoms with E-state index in [-0.39, 0.29) is 11.7 Å². The molecule has 0 radical (unpaired) electrons. The van der Waals surface area contributed by atoms with Gasteiger partial charge in [0.15, 0.2) is 0 Å². The molecule has 6 heteroatoms. The molecule has 4 nitrogen and oxygen atoms in total. The Bertz CT molecular complexity index is 558. The Hall–Kier alpha value is -1.82. The van der Waals surface area contributed by atoms with Gasteiger partial charge in [-0.2, -0.15) is 5.10 Å². The van der Waals surface area contributed by atoms with E-state index in [2.05, 4.69) is 10.1 Å². The summed E-state index contributed by atoms with van der Waals surface area (Å²) in [6.07, 6.45) is 2.56. The van der Waals surface area contributed by atoms with Gasteiger partial charge < -0.3 is 4.74 Å². The highest BCUT2D eigenvalue weighted by Gasteiger charge is 2.59. The fourth-order valence-electron chi connectivity index (χ4n) is 2.04. The first-order valence-electron chi connectivity index (χ1n) is 5.13. The van der Waals surface area contributed by atoms with Gasteiger partial charge in [0, 0.05) is 11.6 Å². The minimum atomic E-state index is -0.992. The summed E-state index contributed by atoms with van der Waals surface area (Å²) in [5.41, 5.74) is -0.731. The Morgan fingerprint density at radius 1 is 1.41 bits per heavy atom. The number of halogens is 2. The summed E-state index contributed by atoms with van der Waals surface area (Å²) in [6.45, 7) is 1.80. The number of hydrogen-bond acceptors (Lipinski definition) is 3. The predicted molar refractivity (Wildman–Crippen MR) is 54.0 cm³/mol. The van der Waals surface area contributed by atoms with Crippen molar-refractivity contribution < 1.29 is 13.5 Å². The van der Waals surface area contributed by atoms with E-state index >= 15 is 0 Å². The second kappa shape index (κ2) is 3.33. The van der Waals surface area contributed by atoms with E-state index in [9.17, 15) is 8.78 Å². The Balaban J connectivity index is 2.14. The molecule has 0 spiro atoms. The van der Waals surface area contributed by atoms with Crippen molar-refractivity contribution in [3.05, 3.63) is 48.1 Å². The fraction of sp³-hybridized carbons (Fsp3) is 0.273. The molecule has 3 rings (SSSR count). The lowest BCUT2D eigenvalue weighted by Gasteiger charge is -2.13. The van der Waals surface area contributed by atoms with Crippen LogP contribution in [0, 0.1) is 11.6 Å². The van der Waals surface area contributed by atoms with E-state index in [0.717, 1.165) is 6.07 Å². The first-order valence-corrected chi connectivity index (χ1v) is 5.13. The molecule has 2 aromatic rings. The van der Waals surface area contributed by atoms with Crippen LogP contribution in [0.15, 0.2) is 30.9 Å². The molecule has 0 N–H and O–H groups in total. The molecule has 1 saturated heterocycles. The first kappa shape index (κ1) is 10.3. The summed E-state index contributed by atoms with van der Waals surface area (Å²) in [5, 5.41) is 3.96. The minimum Gasteiger partial charge on any atom is -0.339 e. The van der Waals surface area contributed by atoms with Crippen molar-refractivity contribution in [2.45, 2.75) is 18.8 Å². The zero-order valence-corrected chi connectivity index (χ0v) is 8.97. The van der Waals surface area contributed by atoms with Gasteiger partial charge in [0.05, 0.1) is 0 Å². The molecular weight excluding hydrogens is 228 g/mol. The van der Waals surface area contributed by atoms with Crippen molar-refractivity contribution in [2.75, 3.05) is 0 Å². The van der Waals surface area contributed by atoms with Crippen molar-refractivity contribution in [2.24, 2.45) is 0 Å². The molecule has 88 valence electrons. The molecule has 1 aromatic heterocycles. The third-order valence-electron chi connectivity index (χ3n) is 2.93. The van der Waals surface area contributed by atoms with Crippen LogP contribution in [0.1, 0.15) is 12.5 Å². The number of benzene rings is 1.